The zero-order valence-corrected chi connectivity index (χ0v) is 11.2. The Morgan fingerprint density at radius 1 is 1.44 bits per heavy atom. The van der Waals surface area contributed by atoms with Gasteiger partial charge >= 0.3 is 0 Å². The van der Waals surface area contributed by atoms with E-state index in [1.54, 1.807) is 0 Å². The topological polar surface area (TPSA) is 39.1 Å². The molecule has 1 aromatic carbocycles. The lowest BCUT2D eigenvalue weighted by molar-refractivity contribution is 0.405. The third-order valence-electron chi connectivity index (χ3n) is 2.22. The first-order chi connectivity index (χ1) is 7.65. The van der Waals surface area contributed by atoms with Crippen molar-refractivity contribution in [3.8, 4) is 6.07 Å². The lowest BCUT2D eigenvalue weighted by Crippen LogP contribution is -2.16. The highest BCUT2D eigenvalue weighted by molar-refractivity contribution is 9.10. The normalized spacial score (nSPS) is 10.2. The van der Waals surface area contributed by atoms with Crippen molar-refractivity contribution in [2.45, 2.75) is 6.42 Å². The van der Waals surface area contributed by atoms with Crippen LogP contribution in [0.25, 0.3) is 0 Å². The van der Waals surface area contributed by atoms with Gasteiger partial charge in [0.2, 0.25) is 0 Å². The Labute approximate surface area is 105 Å². The molecule has 1 aromatic rings. The van der Waals surface area contributed by atoms with Crippen LogP contribution >= 0.6 is 15.9 Å². The second kappa shape index (κ2) is 6.51. The fourth-order valence-corrected chi connectivity index (χ4v) is 1.86. The number of halogens is 1. The van der Waals surface area contributed by atoms with E-state index in [4.69, 9.17) is 5.26 Å². The van der Waals surface area contributed by atoms with Crippen LogP contribution in [0.4, 0.5) is 5.69 Å². The summed E-state index contributed by atoms with van der Waals surface area (Å²) in [5, 5.41) is 12.3. The van der Waals surface area contributed by atoms with Gasteiger partial charge < -0.3 is 10.2 Å². The molecule has 3 nitrogen and oxygen atoms in total. The zero-order chi connectivity index (χ0) is 12.0. The summed E-state index contributed by atoms with van der Waals surface area (Å²) in [6.45, 7) is 1.92. The van der Waals surface area contributed by atoms with Gasteiger partial charge in [0, 0.05) is 11.0 Å². The number of benzene rings is 1. The fourth-order valence-electron chi connectivity index (χ4n) is 1.40. The van der Waals surface area contributed by atoms with Crippen molar-refractivity contribution < 1.29 is 0 Å². The molecule has 0 spiro atoms. The van der Waals surface area contributed by atoms with E-state index in [2.05, 4.69) is 46.3 Å². The maximum atomic E-state index is 9.02. The highest BCUT2D eigenvalue weighted by Crippen LogP contribution is 2.23. The molecule has 0 unspecified atom stereocenters. The Morgan fingerprint density at radius 3 is 2.81 bits per heavy atom. The molecule has 0 radical (unpaired) electrons. The summed E-state index contributed by atoms with van der Waals surface area (Å²) in [5.41, 5.74) is 1.57. The molecular weight excluding hydrogens is 266 g/mol. The summed E-state index contributed by atoms with van der Waals surface area (Å²) in [7, 11) is 4.11. The Morgan fingerprint density at radius 2 is 2.19 bits per heavy atom. The average molecular weight is 282 g/mol. The van der Waals surface area contributed by atoms with E-state index in [1.807, 2.05) is 18.2 Å². The summed E-state index contributed by atoms with van der Waals surface area (Å²) in [5.74, 6) is 0. The van der Waals surface area contributed by atoms with Crippen molar-refractivity contribution in [2.24, 2.45) is 0 Å². The van der Waals surface area contributed by atoms with Crippen LogP contribution in [-0.4, -0.2) is 32.1 Å². The van der Waals surface area contributed by atoms with Crippen molar-refractivity contribution >= 4 is 21.6 Å². The predicted octanol–water partition coefficient (Wildman–Crippen LogP) is 2.68. The van der Waals surface area contributed by atoms with Gasteiger partial charge in [-0.25, -0.2) is 0 Å². The third kappa shape index (κ3) is 3.84. The monoisotopic (exact) mass is 281 g/mol. The van der Waals surface area contributed by atoms with Gasteiger partial charge in [0.1, 0.15) is 6.07 Å². The quantitative estimate of drug-likeness (QED) is 0.844. The van der Waals surface area contributed by atoms with Crippen molar-refractivity contribution in [1.82, 2.24) is 4.90 Å². The van der Waals surface area contributed by atoms with Gasteiger partial charge in [0.05, 0.1) is 11.3 Å². The van der Waals surface area contributed by atoms with Gasteiger partial charge in [-0.05, 0) is 55.1 Å². The number of nitriles is 1. The molecule has 0 saturated heterocycles. The summed E-state index contributed by atoms with van der Waals surface area (Å²) >= 11 is 3.37. The van der Waals surface area contributed by atoms with Crippen LogP contribution in [0.3, 0.4) is 0 Å². The van der Waals surface area contributed by atoms with Crippen molar-refractivity contribution in [1.29, 1.82) is 5.26 Å². The summed E-state index contributed by atoms with van der Waals surface area (Å²) < 4.78 is 0.840. The van der Waals surface area contributed by atoms with Gasteiger partial charge in [-0.2, -0.15) is 5.26 Å². The van der Waals surface area contributed by atoms with Gasteiger partial charge in [-0.1, -0.05) is 6.07 Å². The van der Waals surface area contributed by atoms with E-state index < -0.39 is 0 Å². The Balaban J connectivity index is 2.54. The maximum Gasteiger partial charge on any atom is 0.103 e. The highest BCUT2D eigenvalue weighted by Gasteiger charge is 2.04. The summed E-state index contributed by atoms with van der Waals surface area (Å²) in [6, 6.07) is 7.93. The third-order valence-corrected chi connectivity index (χ3v) is 2.88. The van der Waals surface area contributed by atoms with Gasteiger partial charge in [-0.15, -0.1) is 0 Å². The molecule has 0 aliphatic carbocycles. The minimum atomic E-state index is 0.673. The van der Waals surface area contributed by atoms with E-state index in [1.165, 1.54) is 0 Å². The number of hydrogen-bond donors (Lipinski definition) is 1. The maximum absolute atomic E-state index is 9.02. The molecule has 0 saturated carbocycles. The van der Waals surface area contributed by atoms with Crippen LogP contribution in [0.5, 0.6) is 0 Å². The average Bonchev–Trinajstić information content (AvgIpc) is 2.24. The summed E-state index contributed by atoms with van der Waals surface area (Å²) in [6.07, 6.45) is 1.06. The van der Waals surface area contributed by atoms with Gasteiger partial charge in [-0.3, -0.25) is 0 Å². The standard InChI is InChI=1S/C12H16BrN3/c1-16(2)8-4-7-15-12-6-3-5-11(13)10(12)9-14/h3,5-6,15H,4,7-8H2,1-2H3. The molecular formula is C12H16BrN3. The van der Waals surface area contributed by atoms with E-state index in [0.29, 0.717) is 5.56 Å². The smallest absolute Gasteiger partial charge is 0.103 e. The molecule has 0 amide bonds. The Kier molecular flexibility index (Phi) is 5.30. The zero-order valence-electron chi connectivity index (χ0n) is 9.63. The molecule has 0 aliphatic rings. The second-order valence-electron chi connectivity index (χ2n) is 3.86. The molecule has 1 N–H and O–H groups in total. The summed E-state index contributed by atoms with van der Waals surface area (Å²) in [4.78, 5) is 2.15. The molecule has 4 heteroatoms. The van der Waals surface area contributed by atoms with Crippen molar-refractivity contribution in [2.75, 3.05) is 32.5 Å². The van der Waals surface area contributed by atoms with Crippen LogP contribution in [0.1, 0.15) is 12.0 Å². The van der Waals surface area contributed by atoms with Crippen molar-refractivity contribution in [3.63, 3.8) is 0 Å². The Hall–Kier alpha value is -1.05. The molecule has 0 aromatic heterocycles. The molecule has 1 rings (SSSR count). The predicted molar refractivity (Wildman–Crippen MR) is 70.5 cm³/mol. The van der Waals surface area contributed by atoms with E-state index in [0.717, 1.165) is 29.7 Å². The molecule has 16 heavy (non-hydrogen) atoms. The highest BCUT2D eigenvalue weighted by atomic mass is 79.9. The van der Waals surface area contributed by atoms with E-state index in [9.17, 15) is 0 Å². The van der Waals surface area contributed by atoms with Gasteiger partial charge in [0.15, 0.2) is 0 Å². The molecule has 0 aliphatic heterocycles. The lowest BCUT2D eigenvalue weighted by Gasteiger charge is -2.11. The second-order valence-corrected chi connectivity index (χ2v) is 4.71. The Bertz CT molecular complexity index is 382. The molecule has 0 atom stereocenters. The largest absolute Gasteiger partial charge is 0.384 e. The van der Waals surface area contributed by atoms with Crippen LogP contribution in [0.2, 0.25) is 0 Å². The first kappa shape index (κ1) is 13.0. The van der Waals surface area contributed by atoms with Crippen LogP contribution in [-0.2, 0) is 0 Å². The van der Waals surface area contributed by atoms with Crippen molar-refractivity contribution in [3.05, 3.63) is 28.2 Å². The van der Waals surface area contributed by atoms with Crippen LogP contribution < -0.4 is 5.32 Å². The molecule has 0 fully saturated rings. The lowest BCUT2D eigenvalue weighted by atomic mass is 10.2. The number of nitrogens with one attached hydrogen (secondary N) is 1. The minimum Gasteiger partial charge on any atom is -0.384 e. The first-order valence-electron chi connectivity index (χ1n) is 5.22. The first-order valence-corrected chi connectivity index (χ1v) is 6.01. The fraction of sp³-hybridized carbons (Fsp3) is 0.417. The number of rotatable bonds is 5. The minimum absolute atomic E-state index is 0.673. The number of anilines is 1. The van der Waals surface area contributed by atoms with Crippen LogP contribution in [0, 0.1) is 11.3 Å². The molecule has 0 heterocycles. The van der Waals surface area contributed by atoms with Crippen LogP contribution in [0.15, 0.2) is 22.7 Å². The SMILES string of the molecule is CN(C)CCCNc1cccc(Br)c1C#N. The molecule has 0 bridgehead atoms. The van der Waals surface area contributed by atoms with E-state index in [-0.39, 0.29) is 0 Å². The van der Waals surface area contributed by atoms with Gasteiger partial charge in [0.25, 0.3) is 0 Å². The molecule has 86 valence electrons. The number of nitrogens with zero attached hydrogens (tertiary/aromatic N) is 2. The van der Waals surface area contributed by atoms with E-state index >= 15 is 0 Å². The number of hydrogen-bond acceptors (Lipinski definition) is 3.